The molecule has 1 fully saturated rings. The molecule has 0 amide bonds. The van der Waals surface area contributed by atoms with Crippen LogP contribution in [0.5, 0.6) is 0 Å². The summed E-state index contributed by atoms with van der Waals surface area (Å²) in [6, 6.07) is 28.5. The molecule has 0 N–H and O–H groups in total. The summed E-state index contributed by atoms with van der Waals surface area (Å²) in [4.78, 5) is 8.92. The number of hydrogen-bond acceptors (Lipinski definition) is 6. The molecule has 0 atom stereocenters. The van der Waals surface area contributed by atoms with Crippen LogP contribution in [0.15, 0.2) is 85.5 Å². The van der Waals surface area contributed by atoms with Crippen LogP contribution in [0.4, 0.5) is 0 Å². The first-order chi connectivity index (χ1) is 27.0. The Balaban J connectivity index is 0.000000242. The molecule has 6 rings (SSSR count). The van der Waals surface area contributed by atoms with Crippen LogP contribution in [-0.4, -0.2) is 58.9 Å². The van der Waals surface area contributed by atoms with Gasteiger partial charge in [-0.15, -0.1) is 5.10 Å². The van der Waals surface area contributed by atoms with E-state index in [4.69, 9.17) is 9.47 Å². The molecule has 0 spiro atoms. The Morgan fingerprint density at radius 1 is 0.737 bits per heavy atom. The van der Waals surface area contributed by atoms with Crippen molar-refractivity contribution in [1.29, 1.82) is 0 Å². The van der Waals surface area contributed by atoms with Crippen LogP contribution in [0.25, 0.3) is 33.9 Å². The molecular formula is C47H70N6O2Si2. The van der Waals surface area contributed by atoms with Crippen molar-refractivity contribution < 1.29 is 9.47 Å². The van der Waals surface area contributed by atoms with E-state index in [9.17, 15) is 0 Å². The second-order valence-electron chi connectivity index (χ2n) is 19.6. The predicted molar refractivity (Wildman–Crippen MR) is 243 cm³/mol. The SMILES string of the molecule is CC(C)c1cccc(-c2ncnn2COCC[Si](C)(C)C)c1.CC1(C)CCC(CCc2ccc(-c3cccc(-c4ncn(COCC[Si](C)(C)C)n4)c3)cc2)CC1. The van der Waals surface area contributed by atoms with Crippen molar-refractivity contribution in [1.82, 2.24) is 29.5 Å². The summed E-state index contributed by atoms with van der Waals surface area (Å²) in [5.74, 6) is 3.02. The number of aromatic nitrogens is 6. The van der Waals surface area contributed by atoms with E-state index in [-0.39, 0.29) is 0 Å². The number of nitrogens with zero attached hydrogens (tertiary/aromatic N) is 6. The fourth-order valence-corrected chi connectivity index (χ4v) is 8.51. The molecule has 0 unspecified atom stereocenters. The van der Waals surface area contributed by atoms with E-state index in [1.807, 2.05) is 4.68 Å². The Morgan fingerprint density at radius 2 is 1.37 bits per heavy atom. The van der Waals surface area contributed by atoms with Gasteiger partial charge in [-0.25, -0.2) is 19.3 Å². The predicted octanol–water partition coefficient (Wildman–Crippen LogP) is 12.5. The van der Waals surface area contributed by atoms with Gasteiger partial charge in [0.2, 0.25) is 0 Å². The summed E-state index contributed by atoms with van der Waals surface area (Å²) in [6.45, 7) is 25.9. The zero-order valence-corrected chi connectivity index (χ0v) is 38.7. The average molecular weight is 807 g/mol. The van der Waals surface area contributed by atoms with E-state index in [2.05, 4.69) is 160 Å². The van der Waals surface area contributed by atoms with Crippen molar-refractivity contribution in [2.24, 2.45) is 11.3 Å². The Morgan fingerprint density at radius 3 is 2.04 bits per heavy atom. The highest BCUT2D eigenvalue weighted by atomic mass is 28.3. The van der Waals surface area contributed by atoms with Crippen LogP contribution in [0, 0.1) is 11.3 Å². The minimum absolute atomic E-state index is 0.456. The van der Waals surface area contributed by atoms with Gasteiger partial charge in [0.25, 0.3) is 0 Å². The zero-order valence-electron chi connectivity index (χ0n) is 36.7. The quantitative estimate of drug-likeness (QED) is 0.0688. The standard InChI is InChI=1S/C30H43N3OSi.C17H27N3OSi/c1-30(2)17-15-25(16-18-30)10-9-24-11-13-26(14-12-24)27-7-6-8-28(21-27)29-31-22-33(32-29)23-34-19-20-35(3,4)5;1-14(2)15-7-6-8-16(11-15)17-18-12-19-20(17)13-21-9-10-22(3,4)5/h6-8,11-14,21-22,25H,9-10,15-20,23H2,1-5H3;6-8,11-12,14H,9-10,13H2,1-5H3. The maximum atomic E-state index is 5.81. The monoisotopic (exact) mass is 807 g/mol. The van der Waals surface area contributed by atoms with Crippen LogP contribution >= 0.6 is 0 Å². The fourth-order valence-electron chi connectivity index (χ4n) is 6.99. The maximum Gasteiger partial charge on any atom is 0.181 e. The molecule has 0 radical (unpaired) electrons. The lowest BCUT2D eigenvalue weighted by Crippen LogP contribution is -2.22. The lowest BCUT2D eigenvalue weighted by atomic mass is 9.72. The number of hydrogen-bond donors (Lipinski definition) is 0. The first kappa shape index (κ1) is 44.4. The Bertz CT molecular complexity index is 1950. The molecule has 0 aliphatic heterocycles. The second kappa shape index (κ2) is 20.3. The molecule has 2 heterocycles. The number of benzene rings is 3. The van der Waals surface area contributed by atoms with Gasteiger partial charge in [0.15, 0.2) is 11.6 Å². The third kappa shape index (κ3) is 14.9. The normalized spacial score (nSPS) is 14.8. The minimum atomic E-state index is -1.07. The van der Waals surface area contributed by atoms with Gasteiger partial charge in [-0.2, -0.15) is 5.10 Å². The summed E-state index contributed by atoms with van der Waals surface area (Å²) in [7, 11) is -2.12. The highest BCUT2D eigenvalue weighted by molar-refractivity contribution is 6.76. The molecular weight excluding hydrogens is 737 g/mol. The van der Waals surface area contributed by atoms with Crippen molar-refractivity contribution in [2.75, 3.05) is 13.2 Å². The third-order valence-corrected chi connectivity index (χ3v) is 14.5. The molecule has 0 bridgehead atoms. The first-order valence-corrected chi connectivity index (χ1v) is 28.7. The number of ether oxygens (including phenoxy) is 2. The van der Waals surface area contributed by atoms with Gasteiger partial charge >= 0.3 is 0 Å². The summed E-state index contributed by atoms with van der Waals surface area (Å²) >= 11 is 0. The highest BCUT2D eigenvalue weighted by Gasteiger charge is 2.26. The van der Waals surface area contributed by atoms with E-state index in [1.165, 1.54) is 66.8 Å². The van der Waals surface area contributed by atoms with E-state index in [0.29, 0.717) is 24.8 Å². The van der Waals surface area contributed by atoms with E-state index < -0.39 is 16.1 Å². The zero-order chi connectivity index (χ0) is 41.1. The Labute approximate surface area is 345 Å². The van der Waals surface area contributed by atoms with Gasteiger partial charge in [0.05, 0.1) is 0 Å². The molecule has 3 aromatic carbocycles. The molecule has 1 saturated carbocycles. The largest absolute Gasteiger partial charge is 0.359 e. The first-order valence-electron chi connectivity index (χ1n) is 21.3. The average Bonchev–Trinajstić information content (AvgIpc) is 3.85. The molecule has 1 aliphatic rings. The summed E-state index contributed by atoms with van der Waals surface area (Å²) in [5.41, 5.74) is 7.89. The smallest absolute Gasteiger partial charge is 0.181 e. The van der Waals surface area contributed by atoms with Gasteiger partial charge in [-0.3, -0.25) is 0 Å². The van der Waals surface area contributed by atoms with E-state index in [0.717, 1.165) is 48.0 Å². The second-order valence-corrected chi connectivity index (χ2v) is 30.8. The summed E-state index contributed by atoms with van der Waals surface area (Å²) in [6.07, 6.45) is 11.4. The molecule has 1 aliphatic carbocycles. The van der Waals surface area contributed by atoms with Crippen LogP contribution < -0.4 is 0 Å². The van der Waals surface area contributed by atoms with Gasteiger partial charge in [0, 0.05) is 40.5 Å². The van der Waals surface area contributed by atoms with Crippen molar-refractivity contribution in [3.05, 3.63) is 96.6 Å². The van der Waals surface area contributed by atoms with Gasteiger partial charge in [0.1, 0.15) is 26.1 Å². The highest BCUT2D eigenvalue weighted by Crippen LogP contribution is 2.39. The number of aryl methyl sites for hydroxylation is 1. The lowest BCUT2D eigenvalue weighted by molar-refractivity contribution is 0.0784. The van der Waals surface area contributed by atoms with Crippen LogP contribution in [0.1, 0.15) is 76.8 Å². The molecule has 0 saturated heterocycles. The maximum absolute atomic E-state index is 5.81. The summed E-state index contributed by atoms with van der Waals surface area (Å²) in [5, 5.41) is 8.93. The van der Waals surface area contributed by atoms with Crippen molar-refractivity contribution in [3.63, 3.8) is 0 Å². The fraction of sp³-hybridized carbons (Fsp3) is 0.532. The van der Waals surface area contributed by atoms with Gasteiger partial charge < -0.3 is 9.47 Å². The molecule has 8 nitrogen and oxygen atoms in total. The van der Waals surface area contributed by atoms with Gasteiger partial charge in [-0.05, 0) is 102 Å². The topological polar surface area (TPSA) is 79.9 Å². The minimum Gasteiger partial charge on any atom is -0.359 e. The van der Waals surface area contributed by atoms with Crippen molar-refractivity contribution >= 4 is 16.1 Å². The van der Waals surface area contributed by atoms with Crippen molar-refractivity contribution in [3.8, 4) is 33.9 Å². The van der Waals surface area contributed by atoms with E-state index in [1.54, 1.807) is 17.3 Å². The summed E-state index contributed by atoms with van der Waals surface area (Å²) < 4.78 is 15.2. The lowest BCUT2D eigenvalue weighted by Gasteiger charge is -2.34. The van der Waals surface area contributed by atoms with Crippen LogP contribution in [0.3, 0.4) is 0 Å². The Kier molecular flexibility index (Phi) is 15.8. The molecule has 10 heteroatoms. The Hall–Kier alpha value is -3.71. The molecule has 5 aromatic rings. The third-order valence-electron chi connectivity index (χ3n) is 11.1. The van der Waals surface area contributed by atoms with Crippen molar-refractivity contribution in [2.45, 2.75) is 137 Å². The molecule has 308 valence electrons. The van der Waals surface area contributed by atoms with Crippen LogP contribution in [0.2, 0.25) is 51.4 Å². The molecule has 2 aromatic heterocycles. The van der Waals surface area contributed by atoms with Gasteiger partial charge in [-0.1, -0.05) is 128 Å². The number of rotatable bonds is 17. The molecule has 57 heavy (non-hydrogen) atoms. The van der Waals surface area contributed by atoms with Crippen LogP contribution in [-0.2, 0) is 29.4 Å². The van der Waals surface area contributed by atoms with E-state index >= 15 is 0 Å².